The molecule has 0 amide bonds. The lowest BCUT2D eigenvalue weighted by Gasteiger charge is -2.04. The number of hydrogen-bond donors (Lipinski definition) is 0. The van der Waals surface area contributed by atoms with E-state index in [-0.39, 0.29) is 0 Å². The molecule has 82 valence electrons. The SMILES string of the molecule is CC(=O)c1cc(F)cc(S(C)(=O)=O)c1F. The molecule has 1 aromatic carbocycles. The number of halogens is 2. The molecular weight excluding hydrogens is 226 g/mol. The molecule has 0 aromatic heterocycles. The highest BCUT2D eigenvalue weighted by Gasteiger charge is 2.20. The summed E-state index contributed by atoms with van der Waals surface area (Å²) in [7, 11) is -3.88. The van der Waals surface area contributed by atoms with E-state index in [0.717, 1.165) is 13.2 Å². The number of ketones is 1. The zero-order valence-electron chi connectivity index (χ0n) is 8.04. The van der Waals surface area contributed by atoms with E-state index in [2.05, 4.69) is 0 Å². The number of rotatable bonds is 2. The van der Waals surface area contributed by atoms with Crippen molar-refractivity contribution in [3.63, 3.8) is 0 Å². The van der Waals surface area contributed by atoms with Gasteiger partial charge >= 0.3 is 0 Å². The van der Waals surface area contributed by atoms with Gasteiger partial charge in [-0.05, 0) is 19.1 Å². The van der Waals surface area contributed by atoms with Crippen LogP contribution in [0.2, 0.25) is 0 Å². The summed E-state index contributed by atoms with van der Waals surface area (Å²) in [6.07, 6.45) is 0.745. The van der Waals surface area contributed by atoms with E-state index in [9.17, 15) is 22.0 Å². The minimum atomic E-state index is -3.88. The first-order valence-electron chi connectivity index (χ1n) is 3.93. The van der Waals surface area contributed by atoms with E-state index in [4.69, 9.17) is 0 Å². The summed E-state index contributed by atoms with van der Waals surface area (Å²) in [5.74, 6) is -2.88. The maximum Gasteiger partial charge on any atom is 0.178 e. The minimum absolute atomic E-state index is 0.553. The van der Waals surface area contributed by atoms with Crippen molar-refractivity contribution in [3.8, 4) is 0 Å². The van der Waals surface area contributed by atoms with Crippen LogP contribution in [0.1, 0.15) is 17.3 Å². The van der Waals surface area contributed by atoms with Crippen molar-refractivity contribution in [1.29, 1.82) is 0 Å². The van der Waals surface area contributed by atoms with Crippen LogP contribution in [0.3, 0.4) is 0 Å². The minimum Gasteiger partial charge on any atom is -0.294 e. The first kappa shape index (κ1) is 11.8. The van der Waals surface area contributed by atoms with Crippen molar-refractivity contribution >= 4 is 15.6 Å². The molecule has 1 aromatic rings. The third-order valence-electron chi connectivity index (χ3n) is 1.78. The van der Waals surface area contributed by atoms with E-state index in [1.165, 1.54) is 0 Å². The molecule has 0 spiro atoms. The van der Waals surface area contributed by atoms with Crippen LogP contribution >= 0.6 is 0 Å². The van der Waals surface area contributed by atoms with Crippen LogP contribution in [0, 0.1) is 11.6 Å². The highest BCUT2D eigenvalue weighted by atomic mass is 32.2. The Bertz CT molecular complexity index is 520. The van der Waals surface area contributed by atoms with Gasteiger partial charge in [0.05, 0.1) is 5.56 Å². The molecule has 0 saturated carbocycles. The lowest BCUT2D eigenvalue weighted by molar-refractivity contribution is 0.101. The largest absolute Gasteiger partial charge is 0.294 e. The van der Waals surface area contributed by atoms with Crippen LogP contribution in [0.4, 0.5) is 8.78 Å². The molecule has 6 heteroatoms. The van der Waals surface area contributed by atoms with Crippen molar-refractivity contribution in [3.05, 3.63) is 29.3 Å². The predicted octanol–water partition coefficient (Wildman–Crippen LogP) is 1.57. The van der Waals surface area contributed by atoms with Gasteiger partial charge in [0.25, 0.3) is 0 Å². The van der Waals surface area contributed by atoms with Gasteiger partial charge in [-0.3, -0.25) is 4.79 Å². The number of hydrogen-bond acceptors (Lipinski definition) is 3. The summed E-state index contributed by atoms with van der Waals surface area (Å²) in [6.45, 7) is 1.03. The second-order valence-electron chi connectivity index (χ2n) is 3.09. The summed E-state index contributed by atoms with van der Waals surface area (Å²) in [6, 6.07) is 1.23. The standard InChI is InChI=1S/C9H8F2O3S/c1-5(12)7-3-6(10)4-8(9(7)11)15(2,13)14/h3-4H,1-2H3. The second-order valence-corrected chi connectivity index (χ2v) is 5.08. The number of carbonyl (C=O) groups is 1. The van der Waals surface area contributed by atoms with Crippen molar-refractivity contribution in [2.24, 2.45) is 0 Å². The molecule has 0 N–H and O–H groups in total. The fraction of sp³-hybridized carbons (Fsp3) is 0.222. The first-order valence-corrected chi connectivity index (χ1v) is 5.82. The number of sulfone groups is 1. The molecule has 1 rings (SSSR count). The Morgan fingerprint density at radius 2 is 1.80 bits per heavy atom. The van der Waals surface area contributed by atoms with Crippen molar-refractivity contribution in [1.82, 2.24) is 0 Å². The lowest BCUT2D eigenvalue weighted by atomic mass is 10.1. The van der Waals surface area contributed by atoms with Crippen LogP contribution in [0.25, 0.3) is 0 Å². The molecule has 0 atom stereocenters. The van der Waals surface area contributed by atoms with Crippen LogP contribution in [-0.4, -0.2) is 20.5 Å². The van der Waals surface area contributed by atoms with E-state index < -0.39 is 37.7 Å². The van der Waals surface area contributed by atoms with Crippen LogP contribution < -0.4 is 0 Å². The van der Waals surface area contributed by atoms with Gasteiger partial charge in [-0.25, -0.2) is 17.2 Å². The van der Waals surface area contributed by atoms with Crippen LogP contribution in [-0.2, 0) is 9.84 Å². The van der Waals surface area contributed by atoms with E-state index in [1.54, 1.807) is 0 Å². The third kappa shape index (κ3) is 2.38. The maximum absolute atomic E-state index is 13.4. The molecule has 0 aliphatic carbocycles. The molecule has 0 aliphatic rings. The quantitative estimate of drug-likeness (QED) is 0.730. The van der Waals surface area contributed by atoms with Gasteiger partial charge in [-0.15, -0.1) is 0 Å². The Morgan fingerprint density at radius 3 is 2.20 bits per heavy atom. The van der Waals surface area contributed by atoms with Crippen LogP contribution in [0.15, 0.2) is 17.0 Å². The highest BCUT2D eigenvalue weighted by Crippen LogP contribution is 2.20. The molecule has 0 radical (unpaired) electrons. The van der Waals surface area contributed by atoms with E-state index in [0.29, 0.717) is 12.1 Å². The molecule has 15 heavy (non-hydrogen) atoms. The number of Topliss-reactive ketones (excluding diaryl/α,β-unsaturated/α-hetero) is 1. The van der Waals surface area contributed by atoms with E-state index >= 15 is 0 Å². The van der Waals surface area contributed by atoms with Crippen molar-refractivity contribution in [2.75, 3.05) is 6.26 Å². The fourth-order valence-electron chi connectivity index (χ4n) is 1.09. The van der Waals surface area contributed by atoms with Gasteiger partial charge in [0.2, 0.25) is 0 Å². The zero-order valence-corrected chi connectivity index (χ0v) is 8.86. The molecule has 0 aliphatic heterocycles. The summed E-state index contributed by atoms with van der Waals surface area (Å²) in [5.41, 5.74) is -0.560. The Labute approximate surface area is 85.6 Å². The number of benzene rings is 1. The van der Waals surface area contributed by atoms with Crippen molar-refractivity contribution in [2.45, 2.75) is 11.8 Å². The average molecular weight is 234 g/mol. The molecule has 0 unspecified atom stereocenters. The molecule has 0 fully saturated rings. The summed E-state index contributed by atoms with van der Waals surface area (Å²) in [4.78, 5) is 10.1. The highest BCUT2D eigenvalue weighted by molar-refractivity contribution is 7.90. The Hall–Kier alpha value is -1.30. The Morgan fingerprint density at radius 1 is 1.27 bits per heavy atom. The first-order chi connectivity index (χ1) is 6.73. The molecule has 0 bridgehead atoms. The van der Waals surface area contributed by atoms with Gasteiger partial charge in [0.15, 0.2) is 21.4 Å². The monoisotopic (exact) mass is 234 g/mol. The van der Waals surface area contributed by atoms with Gasteiger partial charge in [-0.1, -0.05) is 0 Å². The molecule has 0 saturated heterocycles. The predicted molar refractivity (Wildman–Crippen MR) is 49.5 cm³/mol. The molecular formula is C9H8F2O3S. The van der Waals surface area contributed by atoms with Gasteiger partial charge in [0.1, 0.15) is 10.7 Å². The normalized spacial score (nSPS) is 11.5. The Kier molecular flexibility index (Phi) is 2.90. The average Bonchev–Trinajstić information content (AvgIpc) is 2.06. The summed E-state index contributed by atoms with van der Waals surface area (Å²) in [5, 5.41) is 0. The van der Waals surface area contributed by atoms with Gasteiger partial charge in [0, 0.05) is 6.26 Å². The van der Waals surface area contributed by atoms with Gasteiger partial charge in [-0.2, -0.15) is 0 Å². The fourth-order valence-corrected chi connectivity index (χ4v) is 1.85. The topological polar surface area (TPSA) is 51.2 Å². The lowest BCUT2D eigenvalue weighted by Crippen LogP contribution is -2.07. The smallest absolute Gasteiger partial charge is 0.178 e. The summed E-state index contributed by atoms with van der Waals surface area (Å²) < 4.78 is 48.5. The zero-order chi connectivity index (χ0) is 11.8. The van der Waals surface area contributed by atoms with Gasteiger partial charge < -0.3 is 0 Å². The molecule has 3 nitrogen and oxygen atoms in total. The second kappa shape index (κ2) is 3.69. The van der Waals surface area contributed by atoms with Crippen LogP contribution in [0.5, 0.6) is 0 Å². The molecule has 0 heterocycles. The summed E-state index contributed by atoms with van der Waals surface area (Å²) >= 11 is 0. The number of carbonyl (C=O) groups excluding carboxylic acids is 1. The third-order valence-corrected chi connectivity index (χ3v) is 2.88. The van der Waals surface area contributed by atoms with E-state index in [1.807, 2.05) is 0 Å². The maximum atomic E-state index is 13.4. The van der Waals surface area contributed by atoms with Crippen molar-refractivity contribution < 1.29 is 22.0 Å². The Balaban J connectivity index is 3.63.